The third-order valence-corrected chi connectivity index (χ3v) is 4.76. The molecule has 6 nitrogen and oxygen atoms in total. The Morgan fingerprint density at radius 1 is 1.15 bits per heavy atom. The number of hydrogen-bond acceptors (Lipinski definition) is 6. The molecule has 1 fully saturated rings. The molecule has 1 aliphatic rings. The summed E-state index contributed by atoms with van der Waals surface area (Å²) in [6, 6.07) is 5.95. The van der Waals surface area contributed by atoms with E-state index in [0.29, 0.717) is 18.0 Å². The van der Waals surface area contributed by atoms with Crippen molar-refractivity contribution >= 4 is 0 Å². The SMILES string of the molecule is COc1ccc(CNC(C)(C)C)cc1OCC(O)CN1CCCN(C)CC1. The molecule has 1 aromatic carbocycles. The van der Waals surface area contributed by atoms with Crippen LogP contribution in [0.1, 0.15) is 32.8 Å². The lowest BCUT2D eigenvalue weighted by Crippen LogP contribution is -2.37. The minimum atomic E-state index is -0.519. The molecular weight excluding hydrogens is 342 g/mol. The van der Waals surface area contributed by atoms with Gasteiger partial charge in [0, 0.05) is 31.7 Å². The van der Waals surface area contributed by atoms with Crippen molar-refractivity contribution in [1.29, 1.82) is 0 Å². The van der Waals surface area contributed by atoms with E-state index in [-0.39, 0.29) is 12.1 Å². The zero-order chi connectivity index (χ0) is 19.9. The van der Waals surface area contributed by atoms with Gasteiger partial charge in [-0.1, -0.05) is 6.07 Å². The van der Waals surface area contributed by atoms with Gasteiger partial charge in [-0.05, 0) is 65.0 Å². The molecule has 0 amide bonds. The van der Waals surface area contributed by atoms with Crippen LogP contribution in [0.5, 0.6) is 11.5 Å². The number of aliphatic hydroxyl groups is 1. The van der Waals surface area contributed by atoms with Gasteiger partial charge in [0.25, 0.3) is 0 Å². The number of nitrogens with zero attached hydrogens (tertiary/aromatic N) is 2. The number of β-amino-alcohol motifs (C(OH)–C–C–N with tert-alkyl or cyclic N) is 1. The van der Waals surface area contributed by atoms with Gasteiger partial charge in [0.1, 0.15) is 12.7 Å². The number of aliphatic hydroxyl groups excluding tert-OH is 1. The van der Waals surface area contributed by atoms with Gasteiger partial charge in [-0.2, -0.15) is 0 Å². The molecule has 1 aromatic rings. The van der Waals surface area contributed by atoms with E-state index in [9.17, 15) is 5.11 Å². The van der Waals surface area contributed by atoms with Gasteiger partial charge in [-0.15, -0.1) is 0 Å². The summed E-state index contributed by atoms with van der Waals surface area (Å²) in [6.07, 6.45) is 0.621. The Kier molecular flexibility index (Phi) is 8.35. The standard InChI is InChI=1S/C21H37N3O3/c1-21(2,3)22-14-17-7-8-19(26-5)20(13-17)27-16-18(25)15-24-10-6-9-23(4)11-12-24/h7-8,13,18,22,25H,6,9-12,14-16H2,1-5H3. The lowest BCUT2D eigenvalue weighted by molar-refractivity contribution is 0.0685. The van der Waals surface area contributed by atoms with Crippen molar-refractivity contribution in [1.82, 2.24) is 15.1 Å². The van der Waals surface area contributed by atoms with E-state index in [4.69, 9.17) is 9.47 Å². The normalized spacial score (nSPS) is 18.1. The number of rotatable bonds is 8. The van der Waals surface area contributed by atoms with E-state index >= 15 is 0 Å². The lowest BCUT2D eigenvalue weighted by atomic mass is 10.1. The van der Waals surface area contributed by atoms with Crippen molar-refractivity contribution in [3.8, 4) is 11.5 Å². The summed E-state index contributed by atoms with van der Waals surface area (Å²) in [5.41, 5.74) is 1.18. The predicted octanol–water partition coefficient (Wildman–Crippen LogP) is 1.96. The fourth-order valence-electron chi connectivity index (χ4n) is 3.13. The molecule has 154 valence electrons. The quantitative estimate of drug-likeness (QED) is 0.720. The molecule has 1 aliphatic heterocycles. The largest absolute Gasteiger partial charge is 0.493 e. The highest BCUT2D eigenvalue weighted by molar-refractivity contribution is 5.43. The van der Waals surface area contributed by atoms with Crippen LogP contribution in [0.4, 0.5) is 0 Å². The Morgan fingerprint density at radius 3 is 2.63 bits per heavy atom. The highest BCUT2D eigenvalue weighted by Crippen LogP contribution is 2.28. The van der Waals surface area contributed by atoms with Crippen LogP contribution >= 0.6 is 0 Å². The summed E-state index contributed by atoms with van der Waals surface area (Å²) >= 11 is 0. The Balaban J connectivity index is 1.89. The van der Waals surface area contributed by atoms with Crippen LogP contribution in [-0.2, 0) is 6.54 Å². The van der Waals surface area contributed by atoms with Crippen molar-refractivity contribution in [3.63, 3.8) is 0 Å². The van der Waals surface area contributed by atoms with Gasteiger partial charge < -0.3 is 24.8 Å². The van der Waals surface area contributed by atoms with Crippen molar-refractivity contribution in [3.05, 3.63) is 23.8 Å². The lowest BCUT2D eigenvalue weighted by Gasteiger charge is -2.24. The maximum Gasteiger partial charge on any atom is 0.161 e. The van der Waals surface area contributed by atoms with Gasteiger partial charge >= 0.3 is 0 Å². The molecule has 0 aliphatic carbocycles. The maximum atomic E-state index is 10.4. The van der Waals surface area contributed by atoms with Gasteiger partial charge in [0.15, 0.2) is 11.5 Å². The molecule has 1 saturated heterocycles. The molecule has 1 atom stereocenters. The molecular formula is C21H37N3O3. The molecule has 0 saturated carbocycles. The van der Waals surface area contributed by atoms with Crippen LogP contribution in [0.2, 0.25) is 0 Å². The second-order valence-electron chi connectivity index (χ2n) is 8.51. The number of hydrogen-bond donors (Lipinski definition) is 2. The Bertz CT molecular complexity index is 574. The topological polar surface area (TPSA) is 57.2 Å². The first-order valence-electron chi connectivity index (χ1n) is 9.90. The molecule has 0 bridgehead atoms. The first-order valence-corrected chi connectivity index (χ1v) is 9.90. The molecule has 1 heterocycles. The maximum absolute atomic E-state index is 10.4. The second-order valence-corrected chi connectivity index (χ2v) is 8.51. The molecule has 6 heteroatoms. The average molecular weight is 380 g/mol. The summed E-state index contributed by atoms with van der Waals surface area (Å²) in [7, 11) is 3.79. The van der Waals surface area contributed by atoms with E-state index in [1.165, 1.54) is 0 Å². The highest BCUT2D eigenvalue weighted by Gasteiger charge is 2.17. The van der Waals surface area contributed by atoms with Crippen LogP contribution in [0.25, 0.3) is 0 Å². The van der Waals surface area contributed by atoms with Crippen molar-refractivity contribution in [2.45, 2.75) is 45.4 Å². The molecule has 2 rings (SSSR count). The van der Waals surface area contributed by atoms with Crippen LogP contribution in [0.3, 0.4) is 0 Å². The summed E-state index contributed by atoms with van der Waals surface area (Å²) in [6.45, 7) is 12.3. The van der Waals surface area contributed by atoms with Crippen LogP contribution in [0.15, 0.2) is 18.2 Å². The fourth-order valence-corrected chi connectivity index (χ4v) is 3.13. The Morgan fingerprint density at radius 2 is 1.93 bits per heavy atom. The summed E-state index contributed by atoms with van der Waals surface area (Å²) < 4.78 is 11.3. The van der Waals surface area contributed by atoms with E-state index < -0.39 is 6.10 Å². The van der Waals surface area contributed by atoms with Gasteiger partial charge in [-0.3, -0.25) is 4.90 Å². The zero-order valence-corrected chi connectivity index (χ0v) is 17.6. The minimum absolute atomic E-state index is 0.0539. The Labute approximate surface area is 164 Å². The number of methoxy groups -OCH3 is 1. The van der Waals surface area contributed by atoms with Gasteiger partial charge in [0.05, 0.1) is 7.11 Å². The smallest absolute Gasteiger partial charge is 0.161 e. The molecule has 0 radical (unpaired) electrons. The number of ether oxygens (including phenoxy) is 2. The third-order valence-electron chi connectivity index (χ3n) is 4.76. The minimum Gasteiger partial charge on any atom is -0.493 e. The summed E-state index contributed by atoms with van der Waals surface area (Å²) in [4.78, 5) is 4.66. The van der Waals surface area contributed by atoms with Crippen molar-refractivity contribution < 1.29 is 14.6 Å². The summed E-state index contributed by atoms with van der Waals surface area (Å²) in [5, 5.41) is 13.9. The average Bonchev–Trinajstić information content (AvgIpc) is 2.82. The summed E-state index contributed by atoms with van der Waals surface area (Å²) in [5.74, 6) is 1.37. The highest BCUT2D eigenvalue weighted by atomic mass is 16.5. The fraction of sp³-hybridized carbons (Fsp3) is 0.714. The van der Waals surface area contributed by atoms with E-state index in [0.717, 1.165) is 44.7 Å². The molecule has 2 N–H and O–H groups in total. The monoisotopic (exact) mass is 379 g/mol. The third kappa shape index (κ3) is 8.05. The molecule has 27 heavy (non-hydrogen) atoms. The van der Waals surface area contributed by atoms with E-state index in [1.807, 2.05) is 18.2 Å². The van der Waals surface area contributed by atoms with Crippen molar-refractivity contribution in [2.24, 2.45) is 0 Å². The van der Waals surface area contributed by atoms with Gasteiger partial charge in [0.2, 0.25) is 0 Å². The molecule has 0 spiro atoms. The predicted molar refractivity (Wildman–Crippen MR) is 110 cm³/mol. The zero-order valence-electron chi connectivity index (χ0n) is 17.6. The molecule has 1 unspecified atom stereocenters. The van der Waals surface area contributed by atoms with Crippen molar-refractivity contribution in [2.75, 3.05) is 53.5 Å². The number of nitrogens with one attached hydrogen (secondary N) is 1. The molecule has 0 aromatic heterocycles. The van der Waals surface area contributed by atoms with Gasteiger partial charge in [-0.25, -0.2) is 0 Å². The first-order chi connectivity index (χ1) is 12.8. The van der Waals surface area contributed by atoms with E-state index in [2.05, 4.69) is 42.9 Å². The van der Waals surface area contributed by atoms with Crippen LogP contribution in [0, 0.1) is 0 Å². The van der Waals surface area contributed by atoms with Crippen LogP contribution in [-0.4, -0.2) is 80.0 Å². The first kappa shape index (κ1) is 22.0. The number of likely N-dealkylation sites (N-methyl/N-ethyl adjacent to an activating group) is 1. The van der Waals surface area contributed by atoms with E-state index in [1.54, 1.807) is 7.11 Å². The Hall–Kier alpha value is -1.34. The second kappa shape index (κ2) is 10.3. The van der Waals surface area contributed by atoms with Crippen LogP contribution < -0.4 is 14.8 Å². The number of benzene rings is 1.